The van der Waals surface area contributed by atoms with Gasteiger partial charge in [0, 0.05) is 18.5 Å². The van der Waals surface area contributed by atoms with Crippen LogP contribution in [0.15, 0.2) is 40.8 Å². The lowest BCUT2D eigenvalue weighted by atomic mass is 10.2. The molecule has 1 aromatic heterocycles. The molecule has 2 aromatic rings. The molecule has 0 saturated heterocycles. The summed E-state index contributed by atoms with van der Waals surface area (Å²) in [4.78, 5) is 13.9. The molecule has 0 aliphatic rings. The number of ether oxygens (including phenoxy) is 1. The van der Waals surface area contributed by atoms with E-state index < -0.39 is 0 Å². The molecule has 106 valence electrons. The van der Waals surface area contributed by atoms with Gasteiger partial charge in [0.05, 0.1) is 7.11 Å². The number of carbonyl (C=O) groups is 1. The molecule has 4 heteroatoms. The van der Waals surface area contributed by atoms with Crippen LogP contribution < -0.4 is 4.74 Å². The molecule has 0 saturated carbocycles. The Morgan fingerprint density at radius 3 is 2.45 bits per heavy atom. The molecule has 0 aliphatic carbocycles. The second-order valence-electron chi connectivity index (χ2n) is 4.87. The first-order valence-corrected chi connectivity index (χ1v) is 6.52. The topological polar surface area (TPSA) is 42.7 Å². The van der Waals surface area contributed by atoms with Crippen molar-refractivity contribution in [1.82, 2.24) is 4.90 Å². The van der Waals surface area contributed by atoms with Crippen molar-refractivity contribution >= 4 is 5.78 Å². The highest BCUT2D eigenvalue weighted by Gasteiger charge is 2.12. The van der Waals surface area contributed by atoms with Gasteiger partial charge in [0.2, 0.25) is 0 Å². The fourth-order valence-electron chi connectivity index (χ4n) is 1.85. The minimum absolute atomic E-state index is 0.0264. The van der Waals surface area contributed by atoms with E-state index in [0.717, 1.165) is 17.9 Å². The molecular weight excluding hydrogens is 254 g/mol. The van der Waals surface area contributed by atoms with E-state index in [1.54, 1.807) is 13.2 Å². The van der Waals surface area contributed by atoms with Crippen LogP contribution in [0.4, 0.5) is 0 Å². The van der Waals surface area contributed by atoms with Crippen molar-refractivity contribution in [1.29, 1.82) is 0 Å². The highest BCUT2D eigenvalue weighted by atomic mass is 16.5. The van der Waals surface area contributed by atoms with E-state index in [0.29, 0.717) is 17.9 Å². The van der Waals surface area contributed by atoms with Crippen LogP contribution in [0.1, 0.15) is 17.0 Å². The van der Waals surface area contributed by atoms with E-state index >= 15 is 0 Å². The maximum absolute atomic E-state index is 12.0. The van der Waals surface area contributed by atoms with Gasteiger partial charge in [0.1, 0.15) is 11.5 Å². The summed E-state index contributed by atoms with van der Waals surface area (Å²) in [7, 11) is 5.51. The van der Waals surface area contributed by atoms with Gasteiger partial charge in [-0.3, -0.25) is 4.79 Å². The summed E-state index contributed by atoms with van der Waals surface area (Å²) < 4.78 is 10.7. The average Bonchev–Trinajstić information content (AvgIpc) is 2.94. The molecule has 20 heavy (non-hydrogen) atoms. The lowest BCUT2D eigenvalue weighted by molar-refractivity contribution is 0.0946. The number of benzene rings is 1. The van der Waals surface area contributed by atoms with E-state index in [2.05, 4.69) is 0 Å². The van der Waals surface area contributed by atoms with Gasteiger partial charge < -0.3 is 14.1 Å². The zero-order chi connectivity index (χ0) is 14.5. The molecule has 0 aliphatic heterocycles. The van der Waals surface area contributed by atoms with Crippen molar-refractivity contribution in [3.05, 3.63) is 42.2 Å². The van der Waals surface area contributed by atoms with Gasteiger partial charge in [0.15, 0.2) is 11.5 Å². The molecule has 0 radical (unpaired) electrons. The van der Waals surface area contributed by atoms with Crippen LogP contribution in [-0.4, -0.2) is 38.4 Å². The highest BCUT2D eigenvalue weighted by Crippen LogP contribution is 2.24. The molecule has 4 nitrogen and oxygen atoms in total. The molecule has 2 rings (SSSR count). The normalized spacial score (nSPS) is 10.8. The third kappa shape index (κ3) is 3.48. The number of hydrogen-bond donors (Lipinski definition) is 0. The van der Waals surface area contributed by atoms with Gasteiger partial charge in [-0.25, -0.2) is 0 Å². The first kappa shape index (κ1) is 14.3. The Labute approximate surface area is 119 Å². The Balaban J connectivity index is 2.09. The quantitative estimate of drug-likeness (QED) is 0.758. The number of Topliss-reactive ketones (excluding diaryl/α,β-unsaturated/α-hetero) is 1. The number of nitrogens with zero attached hydrogens (tertiary/aromatic N) is 1. The van der Waals surface area contributed by atoms with Crippen LogP contribution in [0.3, 0.4) is 0 Å². The van der Waals surface area contributed by atoms with Gasteiger partial charge in [-0.2, -0.15) is 0 Å². The summed E-state index contributed by atoms with van der Waals surface area (Å²) in [6.07, 6.45) is 0.461. The van der Waals surface area contributed by atoms with Crippen molar-refractivity contribution < 1.29 is 13.9 Å². The maximum atomic E-state index is 12.0. The average molecular weight is 273 g/mol. The van der Waals surface area contributed by atoms with Crippen LogP contribution in [0.2, 0.25) is 0 Å². The second-order valence-corrected chi connectivity index (χ2v) is 4.87. The van der Waals surface area contributed by atoms with Gasteiger partial charge in [0.25, 0.3) is 0 Å². The lowest BCUT2D eigenvalue weighted by Gasteiger charge is -2.06. The number of methoxy groups -OCH3 is 1. The van der Waals surface area contributed by atoms with Crippen LogP contribution >= 0.6 is 0 Å². The summed E-state index contributed by atoms with van der Waals surface area (Å²) in [5.41, 5.74) is 0.928. The second kappa shape index (κ2) is 6.39. The predicted octanol–water partition coefficient (Wildman–Crippen LogP) is 3.09. The van der Waals surface area contributed by atoms with Crippen LogP contribution in [-0.2, 0) is 0 Å². The Kier molecular flexibility index (Phi) is 4.58. The molecule has 0 unspecified atom stereocenters. The first-order chi connectivity index (χ1) is 9.60. The third-order valence-corrected chi connectivity index (χ3v) is 3.04. The van der Waals surface area contributed by atoms with E-state index in [1.165, 1.54) is 0 Å². The number of carbonyl (C=O) groups excluding carboxylic acids is 1. The SMILES string of the molecule is COc1ccc(-c2ccc(C(=O)CCN(C)C)o2)cc1. The number of rotatable bonds is 6. The molecule has 0 atom stereocenters. The molecule has 0 N–H and O–H groups in total. The van der Waals surface area contributed by atoms with Crippen molar-refractivity contribution in [2.75, 3.05) is 27.7 Å². The van der Waals surface area contributed by atoms with Crippen LogP contribution in [0.25, 0.3) is 11.3 Å². The standard InChI is InChI=1S/C16H19NO3/c1-17(2)11-10-14(18)16-9-8-15(20-16)12-4-6-13(19-3)7-5-12/h4-9H,10-11H2,1-3H3. The first-order valence-electron chi connectivity index (χ1n) is 6.52. The number of furan rings is 1. The van der Waals surface area contributed by atoms with Gasteiger partial charge in [-0.05, 0) is 50.5 Å². The Bertz CT molecular complexity index is 570. The van der Waals surface area contributed by atoms with Crippen molar-refractivity contribution in [3.63, 3.8) is 0 Å². The molecule has 0 fully saturated rings. The molecule has 0 amide bonds. The van der Waals surface area contributed by atoms with Gasteiger partial charge >= 0.3 is 0 Å². The lowest BCUT2D eigenvalue weighted by Crippen LogP contribution is -2.16. The number of hydrogen-bond acceptors (Lipinski definition) is 4. The zero-order valence-corrected chi connectivity index (χ0v) is 12.1. The summed E-state index contributed by atoms with van der Waals surface area (Å²) in [6.45, 7) is 0.720. The summed E-state index contributed by atoms with van der Waals surface area (Å²) in [5.74, 6) is 1.93. The van der Waals surface area contributed by atoms with E-state index in [-0.39, 0.29) is 5.78 Å². The Morgan fingerprint density at radius 1 is 1.15 bits per heavy atom. The van der Waals surface area contributed by atoms with Crippen molar-refractivity contribution in [3.8, 4) is 17.1 Å². The molecular formula is C16H19NO3. The predicted molar refractivity (Wildman–Crippen MR) is 78.2 cm³/mol. The van der Waals surface area contributed by atoms with Gasteiger partial charge in [-0.15, -0.1) is 0 Å². The van der Waals surface area contributed by atoms with E-state index in [1.807, 2.05) is 49.3 Å². The zero-order valence-electron chi connectivity index (χ0n) is 12.1. The van der Waals surface area contributed by atoms with Crippen molar-refractivity contribution in [2.45, 2.75) is 6.42 Å². The third-order valence-electron chi connectivity index (χ3n) is 3.04. The fraction of sp³-hybridized carbons (Fsp3) is 0.312. The van der Waals surface area contributed by atoms with E-state index in [4.69, 9.17) is 9.15 Å². The maximum Gasteiger partial charge on any atom is 0.199 e. The minimum atomic E-state index is 0.0264. The monoisotopic (exact) mass is 273 g/mol. The Hall–Kier alpha value is -2.07. The largest absolute Gasteiger partial charge is 0.497 e. The van der Waals surface area contributed by atoms with Crippen LogP contribution in [0, 0.1) is 0 Å². The van der Waals surface area contributed by atoms with Crippen molar-refractivity contribution in [2.24, 2.45) is 0 Å². The molecule has 1 heterocycles. The molecule has 1 aromatic carbocycles. The van der Waals surface area contributed by atoms with Gasteiger partial charge in [-0.1, -0.05) is 0 Å². The Morgan fingerprint density at radius 2 is 1.85 bits per heavy atom. The summed E-state index contributed by atoms with van der Waals surface area (Å²) >= 11 is 0. The minimum Gasteiger partial charge on any atom is -0.497 e. The summed E-state index contributed by atoms with van der Waals surface area (Å²) in [5, 5.41) is 0. The molecule has 0 bridgehead atoms. The van der Waals surface area contributed by atoms with E-state index in [9.17, 15) is 4.79 Å². The molecule has 0 spiro atoms. The smallest absolute Gasteiger partial charge is 0.199 e. The van der Waals surface area contributed by atoms with Crippen LogP contribution in [0.5, 0.6) is 5.75 Å². The highest BCUT2D eigenvalue weighted by molar-refractivity contribution is 5.94. The fourth-order valence-corrected chi connectivity index (χ4v) is 1.85. The number of ketones is 1. The summed E-state index contributed by atoms with van der Waals surface area (Å²) in [6, 6.07) is 11.1.